The molecule has 4 nitrogen and oxygen atoms in total. The van der Waals surface area contributed by atoms with Crippen LogP contribution in [0, 0.1) is 23.7 Å². The van der Waals surface area contributed by atoms with Gasteiger partial charge in [-0.05, 0) is 69.5 Å². The third kappa shape index (κ3) is 5.75. The van der Waals surface area contributed by atoms with Crippen LogP contribution in [0.2, 0.25) is 0 Å². The molecule has 3 aliphatic heterocycles. The first-order valence-electron chi connectivity index (χ1n) is 11.4. The summed E-state index contributed by atoms with van der Waals surface area (Å²) in [6.07, 6.45) is 10.6. The van der Waals surface area contributed by atoms with Gasteiger partial charge in [-0.25, -0.2) is 0 Å². The number of hydrogen-bond donors (Lipinski definition) is 0. The highest BCUT2D eigenvalue weighted by Gasteiger charge is 2.36. The lowest BCUT2D eigenvalue weighted by atomic mass is 9.81. The fourth-order valence-corrected chi connectivity index (χ4v) is 6.13. The number of allylic oxidation sites excluding steroid dienone is 2. The summed E-state index contributed by atoms with van der Waals surface area (Å²) in [6, 6.07) is 0. The number of ether oxygens (including phenoxy) is 4. The van der Waals surface area contributed by atoms with E-state index >= 15 is 0 Å². The predicted octanol–water partition coefficient (Wildman–Crippen LogP) is 5.02. The third-order valence-corrected chi connectivity index (χ3v) is 8.56. The molecule has 0 radical (unpaired) electrons. The van der Waals surface area contributed by atoms with Gasteiger partial charge in [0.15, 0.2) is 0 Å². The number of rotatable bonds is 5. The minimum Gasteiger partial charge on any atom is -0.348 e. The predicted molar refractivity (Wildman–Crippen MR) is 113 cm³/mol. The van der Waals surface area contributed by atoms with E-state index in [0.29, 0.717) is 17.8 Å². The summed E-state index contributed by atoms with van der Waals surface area (Å²) in [5.74, 6) is 3.95. The normalized spacial score (nSPS) is 42.8. The average Bonchev–Trinajstić information content (AvgIpc) is 2.74. The Labute approximate surface area is 175 Å². The molecule has 3 saturated heterocycles. The highest BCUT2D eigenvalue weighted by atomic mass is 32.2. The molecule has 3 heterocycles. The Morgan fingerprint density at radius 1 is 0.857 bits per heavy atom. The van der Waals surface area contributed by atoms with Crippen LogP contribution in [0.25, 0.3) is 0 Å². The van der Waals surface area contributed by atoms with E-state index in [2.05, 4.69) is 31.7 Å². The second-order valence-electron chi connectivity index (χ2n) is 9.45. The molecule has 3 fully saturated rings. The van der Waals surface area contributed by atoms with E-state index in [1.54, 1.807) is 0 Å². The highest BCUT2D eigenvalue weighted by Crippen LogP contribution is 2.34. The van der Waals surface area contributed by atoms with Gasteiger partial charge in [0, 0.05) is 17.1 Å². The molecule has 0 aromatic carbocycles. The molecule has 28 heavy (non-hydrogen) atoms. The molecule has 0 spiro atoms. The van der Waals surface area contributed by atoms with Crippen molar-refractivity contribution in [2.24, 2.45) is 23.7 Å². The minimum atomic E-state index is -0.352. The van der Waals surface area contributed by atoms with Gasteiger partial charge in [0.2, 0.25) is 12.6 Å². The van der Waals surface area contributed by atoms with Crippen molar-refractivity contribution in [3.05, 3.63) is 11.6 Å². The van der Waals surface area contributed by atoms with Crippen LogP contribution in [0.1, 0.15) is 58.8 Å². The summed E-state index contributed by atoms with van der Waals surface area (Å²) in [6.45, 7) is 7.69. The van der Waals surface area contributed by atoms with Crippen LogP contribution in [0.5, 0.6) is 0 Å². The minimum absolute atomic E-state index is 0.350. The first-order chi connectivity index (χ1) is 13.7. The molecule has 5 heteroatoms. The quantitative estimate of drug-likeness (QED) is 0.595. The lowest BCUT2D eigenvalue weighted by molar-refractivity contribution is -0.333. The fraction of sp³-hybridized carbons (Fsp3) is 0.913. The van der Waals surface area contributed by atoms with Gasteiger partial charge in [-0.1, -0.05) is 18.6 Å². The molecule has 0 aromatic heterocycles. The van der Waals surface area contributed by atoms with Crippen LogP contribution >= 0.6 is 11.8 Å². The molecule has 1 aliphatic carbocycles. The zero-order chi connectivity index (χ0) is 19.3. The Bertz CT molecular complexity index is 501. The SMILES string of the molecule is CC1=CCC(C2COC(C3OCC(CCC4CCC(C)SC4)CO3)OC2)CC1. The highest BCUT2D eigenvalue weighted by molar-refractivity contribution is 7.99. The molecule has 0 bridgehead atoms. The summed E-state index contributed by atoms with van der Waals surface area (Å²) in [4.78, 5) is 0. The maximum Gasteiger partial charge on any atom is 0.209 e. The molecule has 160 valence electrons. The van der Waals surface area contributed by atoms with E-state index in [-0.39, 0.29) is 12.6 Å². The van der Waals surface area contributed by atoms with Crippen molar-refractivity contribution < 1.29 is 18.9 Å². The van der Waals surface area contributed by atoms with Gasteiger partial charge < -0.3 is 18.9 Å². The van der Waals surface area contributed by atoms with E-state index in [0.717, 1.165) is 37.6 Å². The van der Waals surface area contributed by atoms with E-state index in [1.165, 1.54) is 56.3 Å². The topological polar surface area (TPSA) is 36.9 Å². The van der Waals surface area contributed by atoms with Crippen LogP contribution in [0.15, 0.2) is 11.6 Å². The van der Waals surface area contributed by atoms with Crippen LogP contribution in [0.3, 0.4) is 0 Å². The Hall–Kier alpha value is -0.0700. The summed E-state index contributed by atoms with van der Waals surface area (Å²) in [7, 11) is 0. The van der Waals surface area contributed by atoms with Crippen molar-refractivity contribution in [3.63, 3.8) is 0 Å². The molecule has 3 atom stereocenters. The summed E-state index contributed by atoms with van der Waals surface area (Å²) < 4.78 is 24.0. The summed E-state index contributed by atoms with van der Waals surface area (Å²) in [5, 5.41) is 0.854. The monoisotopic (exact) mass is 410 g/mol. The Kier molecular flexibility index (Phi) is 7.79. The maximum absolute atomic E-state index is 6.01. The molecular weight excluding hydrogens is 372 g/mol. The van der Waals surface area contributed by atoms with Crippen molar-refractivity contribution in [1.82, 2.24) is 0 Å². The number of thioether (sulfide) groups is 1. The zero-order valence-electron chi connectivity index (χ0n) is 17.6. The second kappa shape index (κ2) is 10.3. The van der Waals surface area contributed by atoms with Gasteiger partial charge >= 0.3 is 0 Å². The second-order valence-corrected chi connectivity index (χ2v) is 10.9. The van der Waals surface area contributed by atoms with E-state index in [1.807, 2.05) is 0 Å². The van der Waals surface area contributed by atoms with Crippen LogP contribution < -0.4 is 0 Å². The Morgan fingerprint density at radius 3 is 2.14 bits per heavy atom. The third-order valence-electron chi connectivity index (χ3n) is 7.09. The molecule has 0 saturated carbocycles. The summed E-state index contributed by atoms with van der Waals surface area (Å²) >= 11 is 2.14. The number of hydrogen-bond acceptors (Lipinski definition) is 5. The van der Waals surface area contributed by atoms with Gasteiger partial charge in [0.05, 0.1) is 26.4 Å². The maximum atomic E-state index is 6.01. The molecule has 0 N–H and O–H groups in total. The molecule has 4 rings (SSSR count). The standard InChI is InChI=1S/C23H38O4S/c1-16-3-9-20(10-4-16)21-13-26-23(27-14-21)22-24-11-19(12-25-22)8-7-18-6-5-17(2)28-15-18/h3,17-23H,4-15H2,1-2H3. The smallest absolute Gasteiger partial charge is 0.209 e. The lowest BCUT2D eigenvalue weighted by Gasteiger charge is -2.39. The van der Waals surface area contributed by atoms with Gasteiger partial charge in [0.1, 0.15) is 0 Å². The largest absolute Gasteiger partial charge is 0.348 e. The van der Waals surface area contributed by atoms with Crippen LogP contribution in [-0.4, -0.2) is 50.0 Å². The van der Waals surface area contributed by atoms with E-state index < -0.39 is 0 Å². The van der Waals surface area contributed by atoms with Gasteiger partial charge in [-0.15, -0.1) is 0 Å². The molecule has 0 aromatic rings. The summed E-state index contributed by atoms with van der Waals surface area (Å²) in [5.41, 5.74) is 1.53. The first-order valence-corrected chi connectivity index (χ1v) is 12.5. The average molecular weight is 411 g/mol. The van der Waals surface area contributed by atoms with Gasteiger partial charge in [-0.3, -0.25) is 0 Å². The van der Waals surface area contributed by atoms with Crippen molar-refractivity contribution in [2.45, 2.75) is 76.6 Å². The van der Waals surface area contributed by atoms with Crippen molar-refractivity contribution >= 4 is 11.8 Å². The van der Waals surface area contributed by atoms with Crippen molar-refractivity contribution in [2.75, 3.05) is 32.2 Å². The fourth-order valence-electron chi connectivity index (χ4n) is 4.89. The Balaban J connectivity index is 1.12. The van der Waals surface area contributed by atoms with Crippen molar-refractivity contribution in [1.29, 1.82) is 0 Å². The first kappa shape index (κ1) is 21.2. The molecule has 0 amide bonds. The zero-order valence-corrected chi connectivity index (χ0v) is 18.5. The van der Waals surface area contributed by atoms with Gasteiger partial charge in [-0.2, -0.15) is 11.8 Å². The van der Waals surface area contributed by atoms with Crippen LogP contribution in [-0.2, 0) is 18.9 Å². The molecule has 4 aliphatic rings. The van der Waals surface area contributed by atoms with E-state index in [4.69, 9.17) is 18.9 Å². The van der Waals surface area contributed by atoms with E-state index in [9.17, 15) is 0 Å². The van der Waals surface area contributed by atoms with Crippen molar-refractivity contribution in [3.8, 4) is 0 Å². The van der Waals surface area contributed by atoms with Crippen LogP contribution in [0.4, 0.5) is 0 Å². The Morgan fingerprint density at radius 2 is 1.54 bits per heavy atom. The van der Waals surface area contributed by atoms with Gasteiger partial charge in [0.25, 0.3) is 0 Å². The molecular formula is C23H38O4S. The molecule has 3 unspecified atom stereocenters. The lowest BCUT2D eigenvalue weighted by Crippen LogP contribution is -2.47.